The lowest BCUT2D eigenvalue weighted by atomic mass is 10.3. The number of carbonyl (C=O) groups is 2. The monoisotopic (exact) mass is 431 g/mol. The minimum absolute atomic E-state index is 0.0724. The first-order valence-electron chi connectivity index (χ1n) is 9.21. The molecule has 0 aliphatic carbocycles. The maximum Gasteiger partial charge on any atom is 0.340 e. The van der Waals surface area contributed by atoms with Crippen molar-refractivity contribution in [2.75, 3.05) is 25.0 Å². The van der Waals surface area contributed by atoms with Gasteiger partial charge in [0.05, 0.1) is 10.5 Å². The van der Waals surface area contributed by atoms with E-state index in [9.17, 15) is 18.0 Å². The molecule has 11 heteroatoms. The van der Waals surface area contributed by atoms with Crippen LogP contribution >= 0.6 is 0 Å². The summed E-state index contributed by atoms with van der Waals surface area (Å²) in [7, 11) is -3.65. The first-order valence-corrected chi connectivity index (χ1v) is 10.7. The smallest absolute Gasteiger partial charge is 0.340 e. The van der Waals surface area contributed by atoms with Gasteiger partial charge in [-0.25, -0.2) is 13.2 Å². The fraction of sp³-hybridized carbons (Fsp3) is 0.263. The molecule has 0 fully saturated rings. The predicted molar refractivity (Wildman–Crippen MR) is 108 cm³/mol. The van der Waals surface area contributed by atoms with Crippen molar-refractivity contribution in [3.63, 3.8) is 0 Å². The SMILES string of the molecule is CCN(CC)S(=O)(=O)c1cccc(NC(=O)COC(=O)c2ccc3nncn3c2)c1. The minimum Gasteiger partial charge on any atom is -0.452 e. The van der Waals surface area contributed by atoms with E-state index < -0.39 is 28.5 Å². The van der Waals surface area contributed by atoms with E-state index in [1.54, 1.807) is 30.4 Å². The number of rotatable bonds is 8. The van der Waals surface area contributed by atoms with E-state index >= 15 is 0 Å². The quantitative estimate of drug-likeness (QED) is 0.537. The van der Waals surface area contributed by atoms with Gasteiger partial charge in [0.15, 0.2) is 12.3 Å². The Bertz CT molecular complexity index is 1170. The van der Waals surface area contributed by atoms with Gasteiger partial charge in [0.2, 0.25) is 10.0 Å². The van der Waals surface area contributed by atoms with Crippen LogP contribution in [0.15, 0.2) is 53.8 Å². The Morgan fingerprint density at radius 3 is 2.67 bits per heavy atom. The van der Waals surface area contributed by atoms with E-state index in [0.717, 1.165) is 0 Å². The zero-order chi connectivity index (χ0) is 21.7. The Hall–Kier alpha value is -3.31. The lowest BCUT2D eigenvalue weighted by molar-refractivity contribution is -0.119. The number of pyridine rings is 1. The molecule has 0 spiro atoms. The summed E-state index contributed by atoms with van der Waals surface area (Å²) in [5.74, 6) is -1.27. The second-order valence-corrected chi connectivity index (χ2v) is 8.19. The summed E-state index contributed by atoms with van der Waals surface area (Å²) in [4.78, 5) is 24.4. The van der Waals surface area contributed by atoms with Crippen molar-refractivity contribution in [1.82, 2.24) is 18.9 Å². The molecule has 0 atom stereocenters. The topological polar surface area (TPSA) is 123 Å². The third-order valence-electron chi connectivity index (χ3n) is 4.32. The van der Waals surface area contributed by atoms with E-state index in [1.165, 1.54) is 41.1 Å². The van der Waals surface area contributed by atoms with Crippen LogP contribution in [-0.2, 0) is 19.6 Å². The van der Waals surface area contributed by atoms with Gasteiger partial charge in [0, 0.05) is 25.0 Å². The highest BCUT2D eigenvalue weighted by Gasteiger charge is 2.22. The molecule has 10 nitrogen and oxygen atoms in total. The lowest BCUT2D eigenvalue weighted by Crippen LogP contribution is -2.30. The highest BCUT2D eigenvalue weighted by Crippen LogP contribution is 2.19. The van der Waals surface area contributed by atoms with E-state index in [-0.39, 0.29) is 16.1 Å². The first kappa shape index (κ1) is 21.4. The minimum atomic E-state index is -3.65. The standard InChI is InChI=1S/C19H21N5O5S/c1-3-24(4-2)30(27,28)16-7-5-6-15(10-16)21-18(25)12-29-19(26)14-8-9-17-22-20-13-23(17)11-14/h5-11,13H,3-4,12H2,1-2H3,(H,21,25). The van der Waals surface area contributed by atoms with Gasteiger partial charge in [-0.2, -0.15) is 4.31 Å². The molecular weight excluding hydrogens is 410 g/mol. The summed E-state index contributed by atoms with van der Waals surface area (Å²) in [5, 5.41) is 10.1. The van der Waals surface area contributed by atoms with Crippen LogP contribution in [0.3, 0.4) is 0 Å². The van der Waals surface area contributed by atoms with Crippen molar-refractivity contribution < 1.29 is 22.7 Å². The van der Waals surface area contributed by atoms with E-state index in [1.807, 2.05) is 0 Å². The van der Waals surface area contributed by atoms with Gasteiger partial charge in [0.25, 0.3) is 5.91 Å². The number of ether oxygens (including phenoxy) is 1. The third-order valence-corrected chi connectivity index (χ3v) is 6.37. The van der Waals surface area contributed by atoms with Gasteiger partial charge >= 0.3 is 5.97 Å². The molecule has 30 heavy (non-hydrogen) atoms. The summed E-state index contributed by atoms with van der Waals surface area (Å²) < 4.78 is 33.1. The fourth-order valence-corrected chi connectivity index (χ4v) is 4.31. The van der Waals surface area contributed by atoms with Crippen LogP contribution in [0.5, 0.6) is 0 Å². The molecule has 0 saturated heterocycles. The first-order chi connectivity index (χ1) is 14.3. The molecule has 1 N–H and O–H groups in total. The number of nitrogens with one attached hydrogen (secondary N) is 1. The molecule has 0 bridgehead atoms. The highest BCUT2D eigenvalue weighted by molar-refractivity contribution is 7.89. The van der Waals surface area contributed by atoms with Crippen molar-refractivity contribution in [1.29, 1.82) is 0 Å². The van der Waals surface area contributed by atoms with Crippen molar-refractivity contribution in [2.24, 2.45) is 0 Å². The Labute approximate surface area is 173 Å². The number of hydrogen-bond acceptors (Lipinski definition) is 7. The van der Waals surface area contributed by atoms with Crippen LogP contribution in [0.2, 0.25) is 0 Å². The Kier molecular flexibility index (Phi) is 6.43. The van der Waals surface area contributed by atoms with Gasteiger partial charge in [-0.15, -0.1) is 10.2 Å². The predicted octanol–water partition coefficient (Wildman–Crippen LogP) is 1.56. The maximum atomic E-state index is 12.6. The maximum absolute atomic E-state index is 12.6. The zero-order valence-electron chi connectivity index (χ0n) is 16.5. The summed E-state index contributed by atoms with van der Waals surface area (Å²) in [6.45, 7) is 3.66. The average Bonchev–Trinajstić information content (AvgIpc) is 3.21. The van der Waals surface area contributed by atoms with Crippen molar-refractivity contribution in [2.45, 2.75) is 18.7 Å². The number of amides is 1. The highest BCUT2D eigenvalue weighted by atomic mass is 32.2. The van der Waals surface area contributed by atoms with E-state index in [2.05, 4.69) is 15.5 Å². The molecule has 158 valence electrons. The van der Waals surface area contributed by atoms with Crippen molar-refractivity contribution in [3.8, 4) is 0 Å². The number of sulfonamides is 1. The number of carbonyl (C=O) groups excluding carboxylic acids is 2. The number of benzene rings is 1. The molecule has 3 rings (SSSR count). The summed E-state index contributed by atoms with van der Waals surface area (Å²) in [5.41, 5.74) is 1.10. The molecule has 2 heterocycles. The van der Waals surface area contributed by atoms with Gasteiger partial charge in [-0.1, -0.05) is 19.9 Å². The molecule has 2 aromatic heterocycles. The molecule has 0 aliphatic rings. The number of aromatic nitrogens is 3. The van der Waals surface area contributed by atoms with Crippen LogP contribution < -0.4 is 5.32 Å². The number of anilines is 1. The Morgan fingerprint density at radius 2 is 1.93 bits per heavy atom. The van der Waals surface area contributed by atoms with Gasteiger partial charge in [-0.05, 0) is 30.3 Å². The lowest BCUT2D eigenvalue weighted by Gasteiger charge is -2.18. The molecule has 0 unspecified atom stereocenters. The normalized spacial score (nSPS) is 11.6. The Balaban J connectivity index is 1.63. The second-order valence-electron chi connectivity index (χ2n) is 6.26. The van der Waals surface area contributed by atoms with E-state index in [0.29, 0.717) is 18.7 Å². The van der Waals surface area contributed by atoms with Crippen LogP contribution in [0.1, 0.15) is 24.2 Å². The van der Waals surface area contributed by atoms with E-state index in [4.69, 9.17) is 4.74 Å². The van der Waals surface area contributed by atoms with Crippen LogP contribution in [0.25, 0.3) is 5.65 Å². The molecule has 0 radical (unpaired) electrons. The number of hydrogen-bond donors (Lipinski definition) is 1. The molecule has 3 aromatic rings. The second kappa shape index (κ2) is 9.01. The molecular formula is C19H21N5O5S. The number of esters is 1. The van der Waals surface area contributed by atoms with Crippen molar-refractivity contribution >= 4 is 33.2 Å². The summed E-state index contributed by atoms with van der Waals surface area (Å²) in [6, 6.07) is 9.04. The summed E-state index contributed by atoms with van der Waals surface area (Å²) >= 11 is 0. The molecule has 1 amide bonds. The molecule has 0 saturated carbocycles. The van der Waals surface area contributed by atoms with Crippen LogP contribution in [0.4, 0.5) is 5.69 Å². The Morgan fingerprint density at radius 1 is 1.17 bits per heavy atom. The fourth-order valence-electron chi connectivity index (χ4n) is 2.81. The zero-order valence-corrected chi connectivity index (χ0v) is 17.3. The molecule has 1 aromatic carbocycles. The number of nitrogens with zero attached hydrogens (tertiary/aromatic N) is 4. The number of fused-ring (bicyclic) bond motifs is 1. The van der Waals surface area contributed by atoms with Gasteiger partial charge < -0.3 is 10.1 Å². The largest absolute Gasteiger partial charge is 0.452 e. The average molecular weight is 431 g/mol. The van der Waals surface area contributed by atoms with Crippen LogP contribution in [0, 0.1) is 0 Å². The molecule has 0 aliphatic heterocycles. The van der Waals surface area contributed by atoms with Crippen molar-refractivity contribution in [3.05, 3.63) is 54.5 Å². The third kappa shape index (κ3) is 4.63. The van der Waals surface area contributed by atoms with Gasteiger partial charge in [-0.3, -0.25) is 9.20 Å². The van der Waals surface area contributed by atoms with Gasteiger partial charge in [0.1, 0.15) is 6.33 Å². The van der Waals surface area contributed by atoms with Crippen LogP contribution in [-0.4, -0.2) is 58.9 Å². The summed E-state index contributed by atoms with van der Waals surface area (Å²) in [6.07, 6.45) is 2.94.